The lowest BCUT2D eigenvalue weighted by molar-refractivity contribution is 0.0144. The van der Waals surface area contributed by atoms with Crippen LogP contribution in [0.4, 0.5) is 0 Å². The Morgan fingerprint density at radius 2 is 2.33 bits per heavy atom. The zero-order valence-electron chi connectivity index (χ0n) is 9.53. The van der Waals surface area contributed by atoms with Gasteiger partial charge in [0.2, 0.25) is 5.89 Å². The minimum atomic E-state index is -0.672. The van der Waals surface area contributed by atoms with Gasteiger partial charge in [0.25, 0.3) is 0 Å². The Kier molecular flexibility index (Phi) is 4.23. The Morgan fingerprint density at radius 1 is 1.60 bits per heavy atom. The zero-order chi connectivity index (χ0) is 11.3. The van der Waals surface area contributed by atoms with Crippen molar-refractivity contribution in [3.63, 3.8) is 0 Å². The van der Waals surface area contributed by atoms with Gasteiger partial charge in [-0.05, 0) is 12.8 Å². The van der Waals surface area contributed by atoms with Crippen LogP contribution in [0, 0.1) is 5.92 Å². The van der Waals surface area contributed by atoms with E-state index in [0.29, 0.717) is 18.9 Å². The van der Waals surface area contributed by atoms with E-state index in [1.54, 1.807) is 0 Å². The van der Waals surface area contributed by atoms with E-state index in [-0.39, 0.29) is 5.92 Å². The molecule has 0 amide bonds. The van der Waals surface area contributed by atoms with Crippen LogP contribution in [-0.4, -0.2) is 33.9 Å². The van der Waals surface area contributed by atoms with Gasteiger partial charge in [-0.3, -0.25) is 0 Å². The third kappa shape index (κ3) is 3.97. The van der Waals surface area contributed by atoms with E-state index >= 15 is 0 Å². The van der Waals surface area contributed by atoms with Crippen LogP contribution in [0.1, 0.15) is 26.7 Å². The van der Waals surface area contributed by atoms with Gasteiger partial charge >= 0.3 is 0 Å². The second-order valence-corrected chi connectivity index (χ2v) is 4.27. The normalized spacial score (nSPS) is 15.5. The molecule has 1 unspecified atom stereocenters. The maximum Gasteiger partial charge on any atom is 0.227 e. The molecule has 0 aromatic carbocycles. The van der Waals surface area contributed by atoms with Gasteiger partial charge in [-0.1, -0.05) is 19.0 Å². The van der Waals surface area contributed by atoms with Crippen LogP contribution >= 0.6 is 0 Å². The second-order valence-electron chi connectivity index (χ2n) is 4.27. The SMILES string of the molecule is CC(C)C(C)(O)CNCCc1ncno1. The van der Waals surface area contributed by atoms with Crippen molar-refractivity contribution in [2.24, 2.45) is 5.92 Å². The fourth-order valence-electron chi connectivity index (χ4n) is 1.05. The minimum Gasteiger partial charge on any atom is -0.389 e. The molecular formula is C10H19N3O2. The average molecular weight is 213 g/mol. The Hall–Kier alpha value is -0.940. The quantitative estimate of drug-likeness (QED) is 0.677. The summed E-state index contributed by atoms with van der Waals surface area (Å²) in [6.07, 6.45) is 2.08. The molecule has 1 rings (SSSR count). The molecule has 2 N–H and O–H groups in total. The third-order valence-corrected chi connectivity index (χ3v) is 2.65. The van der Waals surface area contributed by atoms with Crippen molar-refractivity contribution in [1.82, 2.24) is 15.5 Å². The highest BCUT2D eigenvalue weighted by Gasteiger charge is 2.23. The van der Waals surface area contributed by atoms with Crippen molar-refractivity contribution < 1.29 is 9.63 Å². The van der Waals surface area contributed by atoms with Gasteiger partial charge in [0.15, 0.2) is 6.33 Å². The molecule has 0 bridgehead atoms. The van der Waals surface area contributed by atoms with Gasteiger partial charge in [0, 0.05) is 19.5 Å². The third-order valence-electron chi connectivity index (χ3n) is 2.65. The molecule has 0 aliphatic carbocycles. The molecule has 0 radical (unpaired) electrons. The number of rotatable bonds is 6. The van der Waals surface area contributed by atoms with Gasteiger partial charge in [-0.2, -0.15) is 4.98 Å². The van der Waals surface area contributed by atoms with E-state index in [2.05, 4.69) is 15.5 Å². The monoisotopic (exact) mass is 213 g/mol. The second kappa shape index (κ2) is 5.23. The van der Waals surface area contributed by atoms with Crippen molar-refractivity contribution >= 4 is 0 Å². The van der Waals surface area contributed by atoms with E-state index in [9.17, 15) is 5.11 Å². The first-order chi connectivity index (χ1) is 7.02. The zero-order valence-corrected chi connectivity index (χ0v) is 9.53. The summed E-state index contributed by atoms with van der Waals surface area (Å²) in [6.45, 7) is 7.13. The van der Waals surface area contributed by atoms with Crippen LogP contribution in [0.25, 0.3) is 0 Å². The molecule has 1 atom stereocenters. The van der Waals surface area contributed by atoms with E-state index in [0.717, 1.165) is 6.54 Å². The number of hydrogen-bond acceptors (Lipinski definition) is 5. The van der Waals surface area contributed by atoms with Crippen molar-refractivity contribution in [2.45, 2.75) is 32.8 Å². The molecule has 0 fully saturated rings. The molecule has 15 heavy (non-hydrogen) atoms. The Labute approximate surface area is 89.9 Å². The Morgan fingerprint density at radius 3 is 2.87 bits per heavy atom. The lowest BCUT2D eigenvalue weighted by Crippen LogP contribution is -2.42. The van der Waals surface area contributed by atoms with Crippen LogP contribution in [0.5, 0.6) is 0 Å². The number of nitrogens with one attached hydrogen (secondary N) is 1. The summed E-state index contributed by atoms with van der Waals surface area (Å²) in [7, 11) is 0. The largest absolute Gasteiger partial charge is 0.389 e. The predicted octanol–water partition coefficient (Wildman–Crippen LogP) is 0.609. The molecule has 0 aliphatic heterocycles. The first-order valence-electron chi connectivity index (χ1n) is 5.21. The van der Waals surface area contributed by atoms with Crippen molar-refractivity contribution in [3.05, 3.63) is 12.2 Å². The first kappa shape index (κ1) is 12.1. The summed E-state index contributed by atoms with van der Waals surface area (Å²) in [5.41, 5.74) is -0.672. The molecule has 0 aliphatic rings. The van der Waals surface area contributed by atoms with Crippen LogP contribution in [-0.2, 0) is 6.42 Å². The number of hydrogen-bond donors (Lipinski definition) is 2. The Bertz CT molecular complexity index is 270. The first-order valence-corrected chi connectivity index (χ1v) is 5.21. The molecule has 86 valence electrons. The highest BCUT2D eigenvalue weighted by atomic mass is 16.5. The number of aromatic nitrogens is 2. The van der Waals surface area contributed by atoms with Gasteiger partial charge < -0.3 is 14.9 Å². The maximum absolute atomic E-state index is 9.94. The van der Waals surface area contributed by atoms with Crippen LogP contribution in [0.2, 0.25) is 0 Å². The van der Waals surface area contributed by atoms with Crippen LogP contribution in [0.3, 0.4) is 0 Å². The topological polar surface area (TPSA) is 71.2 Å². The molecule has 0 spiro atoms. The van der Waals surface area contributed by atoms with E-state index in [1.165, 1.54) is 6.33 Å². The van der Waals surface area contributed by atoms with Crippen molar-refractivity contribution in [2.75, 3.05) is 13.1 Å². The lowest BCUT2D eigenvalue weighted by atomic mass is 9.92. The summed E-state index contributed by atoms with van der Waals surface area (Å²) in [4.78, 5) is 3.91. The van der Waals surface area contributed by atoms with E-state index < -0.39 is 5.60 Å². The standard InChI is InChI=1S/C10H19N3O2/c1-8(2)10(3,14)6-11-5-4-9-12-7-13-15-9/h7-8,11,14H,4-6H2,1-3H3. The van der Waals surface area contributed by atoms with Gasteiger partial charge in [0.05, 0.1) is 5.60 Å². The highest BCUT2D eigenvalue weighted by molar-refractivity contribution is 4.80. The van der Waals surface area contributed by atoms with Gasteiger partial charge in [-0.15, -0.1) is 0 Å². The van der Waals surface area contributed by atoms with E-state index in [4.69, 9.17) is 4.52 Å². The van der Waals surface area contributed by atoms with E-state index in [1.807, 2.05) is 20.8 Å². The Balaban J connectivity index is 2.17. The summed E-state index contributed by atoms with van der Waals surface area (Å²) in [5.74, 6) is 0.847. The minimum absolute atomic E-state index is 0.230. The highest BCUT2D eigenvalue weighted by Crippen LogP contribution is 2.14. The lowest BCUT2D eigenvalue weighted by Gasteiger charge is -2.27. The fourth-order valence-corrected chi connectivity index (χ4v) is 1.05. The van der Waals surface area contributed by atoms with Gasteiger partial charge in [-0.25, -0.2) is 0 Å². The molecule has 5 nitrogen and oxygen atoms in total. The van der Waals surface area contributed by atoms with Crippen LogP contribution < -0.4 is 5.32 Å². The van der Waals surface area contributed by atoms with Crippen molar-refractivity contribution in [3.8, 4) is 0 Å². The molecule has 0 saturated heterocycles. The smallest absolute Gasteiger partial charge is 0.227 e. The van der Waals surface area contributed by atoms with Crippen LogP contribution in [0.15, 0.2) is 10.9 Å². The predicted molar refractivity (Wildman–Crippen MR) is 56.3 cm³/mol. The summed E-state index contributed by atoms with van der Waals surface area (Å²) >= 11 is 0. The molecule has 1 aromatic heterocycles. The summed E-state index contributed by atoms with van der Waals surface area (Å²) < 4.78 is 4.85. The van der Waals surface area contributed by atoms with Gasteiger partial charge in [0.1, 0.15) is 0 Å². The molecular weight excluding hydrogens is 194 g/mol. The maximum atomic E-state index is 9.94. The molecule has 1 heterocycles. The average Bonchev–Trinajstić information content (AvgIpc) is 2.64. The number of nitrogens with zero attached hydrogens (tertiary/aromatic N) is 2. The van der Waals surface area contributed by atoms with Crippen molar-refractivity contribution in [1.29, 1.82) is 0 Å². The fraction of sp³-hybridized carbons (Fsp3) is 0.800. The molecule has 1 aromatic rings. The number of aliphatic hydroxyl groups is 1. The molecule has 0 saturated carbocycles. The molecule has 5 heteroatoms. The summed E-state index contributed by atoms with van der Waals surface area (Å²) in [6, 6.07) is 0. The summed E-state index contributed by atoms with van der Waals surface area (Å²) in [5, 5.41) is 16.6.